The molecule has 5 nitrogen and oxygen atoms in total. The lowest BCUT2D eigenvalue weighted by Gasteiger charge is -1.93. The first-order chi connectivity index (χ1) is 3.80. The highest BCUT2D eigenvalue weighted by Crippen LogP contribution is 1.98. The van der Waals surface area contributed by atoms with Crippen molar-refractivity contribution in [2.45, 2.75) is 6.35 Å². The molecule has 0 spiro atoms. The second-order valence-electron chi connectivity index (χ2n) is 1.28. The topological polar surface area (TPSA) is 64.7 Å². The SMILES string of the molecule is O=[N+]([O-])C1N=CCO1. The van der Waals surface area contributed by atoms with Crippen LogP contribution in [0.15, 0.2) is 4.99 Å². The number of nitrogens with zero attached hydrogens (tertiary/aromatic N) is 2. The van der Waals surface area contributed by atoms with Crippen LogP contribution in [0.2, 0.25) is 0 Å². The van der Waals surface area contributed by atoms with Crippen LogP contribution in [-0.4, -0.2) is 24.1 Å². The molecule has 44 valence electrons. The third-order valence-corrected chi connectivity index (χ3v) is 0.733. The fourth-order valence-electron chi connectivity index (χ4n) is 0.421. The first-order valence-corrected chi connectivity index (χ1v) is 2.07. The summed E-state index contributed by atoms with van der Waals surface area (Å²) in [6, 6.07) is 0. The van der Waals surface area contributed by atoms with Crippen LogP contribution in [-0.2, 0) is 4.74 Å². The van der Waals surface area contributed by atoms with E-state index in [2.05, 4.69) is 9.73 Å². The molecule has 1 aliphatic rings. The van der Waals surface area contributed by atoms with Crippen molar-refractivity contribution in [3.8, 4) is 0 Å². The zero-order valence-electron chi connectivity index (χ0n) is 3.98. The average Bonchev–Trinajstić information content (AvgIpc) is 2.12. The van der Waals surface area contributed by atoms with Crippen molar-refractivity contribution in [1.29, 1.82) is 0 Å². The first-order valence-electron chi connectivity index (χ1n) is 2.07. The Morgan fingerprint density at radius 2 is 2.75 bits per heavy atom. The summed E-state index contributed by atoms with van der Waals surface area (Å²) in [7, 11) is 0. The lowest BCUT2D eigenvalue weighted by atomic mass is 10.8. The van der Waals surface area contributed by atoms with Crippen molar-refractivity contribution in [1.82, 2.24) is 0 Å². The summed E-state index contributed by atoms with van der Waals surface area (Å²) in [4.78, 5) is 12.6. The van der Waals surface area contributed by atoms with Gasteiger partial charge in [-0.25, -0.2) is 0 Å². The molecule has 0 N–H and O–H groups in total. The molecular weight excluding hydrogens is 112 g/mol. The fraction of sp³-hybridized carbons (Fsp3) is 0.667. The van der Waals surface area contributed by atoms with Gasteiger partial charge < -0.3 is 0 Å². The summed E-state index contributed by atoms with van der Waals surface area (Å²) in [5.74, 6) is 0. The molecule has 8 heavy (non-hydrogen) atoms. The van der Waals surface area contributed by atoms with Crippen LogP contribution >= 0.6 is 0 Å². The number of ether oxygens (including phenoxy) is 1. The lowest BCUT2D eigenvalue weighted by Crippen LogP contribution is -2.15. The van der Waals surface area contributed by atoms with Crippen LogP contribution in [0, 0.1) is 10.1 Å². The van der Waals surface area contributed by atoms with Crippen molar-refractivity contribution in [2.75, 3.05) is 6.61 Å². The van der Waals surface area contributed by atoms with E-state index < -0.39 is 11.3 Å². The Bertz CT molecular complexity index is 132. The van der Waals surface area contributed by atoms with Gasteiger partial charge in [0, 0.05) is 6.21 Å². The molecule has 0 bridgehead atoms. The monoisotopic (exact) mass is 116 g/mol. The zero-order valence-corrected chi connectivity index (χ0v) is 3.98. The number of aliphatic imine (C=N–C) groups is 1. The van der Waals surface area contributed by atoms with E-state index in [0.717, 1.165) is 0 Å². The molecular formula is C3H4N2O3. The van der Waals surface area contributed by atoms with E-state index in [1.54, 1.807) is 0 Å². The molecule has 1 heterocycles. The summed E-state index contributed by atoms with van der Waals surface area (Å²) in [5.41, 5.74) is 0. The Labute approximate surface area is 45.1 Å². The molecule has 0 aromatic heterocycles. The van der Waals surface area contributed by atoms with Gasteiger partial charge in [0.15, 0.2) is 0 Å². The van der Waals surface area contributed by atoms with Gasteiger partial charge >= 0.3 is 6.35 Å². The van der Waals surface area contributed by atoms with E-state index in [4.69, 9.17) is 0 Å². The second-order valence-corrected chi connectivity index (χ2v) is 1.28. The largest absolute Gasteiger partial charge is 0.417 e. The maximum Gasteiger partial charge on any atom is 0.417 e. The first kappa shape index (κ1) is 5.17. The van der Waals surface area contributed by atoms with E-state index in [1.165, 1.54) is 6.21 Å². The van der Waals surface area contributed by atoms with Crippen LogP contribution in [0.25, 0.3) is 0 Å². The minimum absolute atomic E-state index is 0.256. The highest BCUT2D eigenvalue weighted by atomic mass is 16.7. The van der Waals surface area contributed by atoms with E-state index in [9.17, 15) is 10.1 Å². The van der Waals surface area contributed by atoms with Crippen LogP contribution in [0.1, 0.15) is 0 Å². The van der Waals surface area contributed by atoms with Gasteiger partial charge in [0.05, 0.1) is 11.5 Å². The second kappa shape index (κ2) is 1.87. The summed E-state index contributed by atoms with van der Waals surface area (Å²) < 4.78 is 4.49. The Kier molecular flexibility index (Phi) is 1.21. The quantitative estimate of drug-likeness (QED) is 0.347. The van der Waals surface area contributed by atoms with Gasteiger partial charge in [0.1, 0.15) is 0 Å². The molecule has 1 rings (SSSR count). The normalized spacial score (nSPS) is 26.2. The van der Waals surface area contributed by atoms with Crippen LogP contribution < -0.4 is 0 Å². The van der Waals surface area contributed by atoms with Gasteiger partial charge in [-0.2, -0.15) is 4.99 Å². The van der Waals surface area contributed by atoms with Crippen LogP contribution in [0.5, 0.6) is 0 Å². The number of nitro groups is 1. The van der Waals surface area contributed by atoms with Gasteiger partial charge in [-0.05, 0) is 0 Å². The van der Waals surface area contributed by atoms with E-state index in [0.29, 0.717) is 0 Å². The van der Waals surface area contributed by atoms with E-state index >= 15 is 0 Å². The molecule has 0 aliphatic carbocycles. The average molecular weight is 116 g/mol. The molecule has 0 radical (unpaired) electrons. The molecule has 5 heteroatoms. The molecule has 1 atom stereocenters. The highest BCUT2D eigenvalue weighted by Gasteiger charge is 2.20. The summed E-state index contributed by atoms with van der Waals surface area (Å²) in [6.07, 6.45) is 0.239. The molecule has 0 fully saturated rings. The minimum atomic E-state index is -1.14. The maximum absolute atomic E-state index is 9.77. The van der Waals surface area contributed by atoms with Gasteiger partial charge in [-0.1, -0.05) is 0 Å². The molecule has 0 saturated heterocycles. The molecule has 1 aliphatic heterocycles. The molecule has 0 saturated carbocycles. The Balaban J connectivity index is 2.48. The number of hydrogen-bond acceptors (Lipinski definition) is 4. The van der Waals surface area contributed by atoms with Gasteiger partial charge in [0.2, 0.25) is 0 Å². The lowest BCUT2D eigenvalue weighted by molar-refractivity contribution is -0.569. The van der Waals surface area contributed by atoms with Gasteiger partial charge in [0.25, 0.3) is 0 Å². The third-order valence-electron chi connectivity index (χ3n) is 0.733. The standard InChI is InChI=1S/C3H4N2O3/c6-5(7)3-4-1-2-8-3/h1,3H,2H2. The number of hydrogen-bond donors (Lipinski definition) is 0. The van der Waals surface area contributed by atoms with Crippen LogP contribution in [0.3, 0.4) is 0 Å². The van der Waals surface area contributed by atoms with Crippen molar-refractivity contribution in [3.05, 3.63) is 10.1 Å². The minimum Gasteiger partial charge on any atom is -0.292 e. The molecule has 0 aromatic carbocycles. The maximum atomic E-state index is 9.77. The Hall–Kier alpha value is -0.970. The Morgan fingerprint density at radius 3 is 3.00 bits per heavy atom. The summed E-state index contributed by atoms with van der Waals surface area (Å²) in [5, 5.41) is 9.77. The molecule has 1 unspecified atom stereocenters. The van der Waals surface area contributed by atoms with E-state index in [-0.39, 0.29) is 6.61 Å². The van der Waals surface area contributed by atoms with Gasteiger partial charge in [-0.15, -0.1) is 0 Å². The number of rotatable bonds is 1. The summed E-state index contributed by atoms with van der Waals surface area (Å²) >= 11 is 0. The highest BCUT2D eigenvalue weighted by molar-refractivity contribution is 5.59. The molecule has 0 amide bonds. The fourth-order valence-corrected chi connectivity index (χ4v) is 0.421. The zero-order chi connectivity index (χ0) is 5.98. The molecule has 0 aromatic rings. The van der Waals surface area contributed by atoms with Crippen molar-refractivity contribution in [3.63, 3.8) is 0 Å². The van der Waals surface area contributed by atoms with Crippen LogP contribution in [0.4, 0.5) is 0 Å². The Morgan fingerprint density at radius 1 is 2.00 bits per heavy atom. The van der Waals surface area contributed by atoms with Crippen molar-refractivity contribution in [2.24, 2.45) is 4.99 Å². The van der Waals surface area contributed by atoms with Crippen molar-refractivity contribution >= 4 is 6.21 Å². The van der Waals surface area contributed by atoms with E-state index in [1.807, 2.05) is 0 Å². The smallest absolute Gasteiger partial charge is 0.292 e. The predicted molar refractivity (Wildman–Crippen MR) is 25.2 cm³/mol. The predicted octanol–water partition coefficient (Wildman–Crippen LogP) is -0.352. The summed E-state index contributed by atoms with van der Waals surface area (Å²) in [6.45, 7) is 0.256. The third kappa shape index (κ3) is 0.812. The van der Waals surface area contributed by atoms with Crippen molar-refractivity contribution < 1.29 is 9.66 Å². The van der Waals surface area contributed by atoms with Gasteiger partial charge in [-0.3, -0.25) is 14.9 Å².